The second-order valence-electron chi connectivity index (χ2n) is 6.46. The molecule has 7 nitrogen and oxygen atoms in total. The van der Waals surface area contributed by atoms with E-state index in [-0.39, 0.29) is 27.1 Å². The lowest BCUT2D eigenvalue weighted by Crippen LogP contribution is -2.13. The van der Waals surface area contributed by atoms with Gasteiger partial charge in [0.05, 0.1) is 10.4 Å². The molecule has 4 aromatic rings. The number of anilines is 2. The number of hydrogen-bond donors (Lipinski definition) is 2. The van der Waals surface area contributed by atoms with Crippen molar-refractivity contribution < 1.29 is 22.7 Å². The van der Waals surface area contributed by atoms with Gasteiger partial charge in [0.15, 0.2) is 0 Å². The van der Waals surface area contributed by atoms with Gasteiger partial charge in [0, 0.05) is 11.4 Å². The van der Waals surface area contributed by atoms with E-state index in [1.807, 2.05) is 5.38 Å². The molecule has 0 bridgehead atoms. The van der Waals surface area contributed by atoms with E-state index >= 15 is 0 Å². The Hall–Kier alpha value is -3.47. The first-order valence-corrected chi connectivity index (χ1v) is 12.5. The molecule has 10 heteroatoms. The third-order valence-electron chi connectivity index (χ3n) is 4.18. The van der Waals surface area contributed by atoms with E-state index in [1.165, 1.54) is 29.5 Å². The minimum Gasteiger partial charge on any atom is -0.423 e. The molecule has 2 aromatic carbocycles. The summed E-state index contributed by atoms with van der Waals surface area (Å²) in [7, 11) is -3.72. The highest BCUT2D eigenvalue weighted by Crippen LogP contribution is 2.22. The van der Waals surface area contributed by atoms with Gasteiger partial charge in [-0.2, -0.15) is 0 Å². The lowest BCUT2D eigenvalue weighted by atomic mass is 10.2. The Balaban J connectivity index is 1.40. The van der Waals surface area contributed by atoms with Gasteiger partial charge in [0.25, 0.3) is 15.9 Å². The lowest BCUT2D eigenvalue weighted by Gasteiger charge is -2.09. The molecule has 1 amide bonds. The minimum absolute atomic E-state index is 0.178. The summed E-state index contributed by atoms with van der Waals surface area (Å²) in [4.78, 5) is 25.2. The van der Waals surface area contributed by atoms with Crippen molar-refractivity contribution in [2.24, 2.45) is 0 Å². The highest BCUT2D eigenvalue weighted by Gasteiger charge is 2.17. The van der Waals surface area contributed by atoms with Gasteiger partial charge in [-0.3, -0.25) is 9.52 Å². The third-order valence-corrected chi connectivity index (χ3v) is 7.83. The van der Waals surface area contributed by atoms with Crippen LogP contribution < -0.4 is 14.8 Å². The van der Waals surface area contributed by atoms with Crippen molar-refractivity contribution in [2.45, 2.75) is 4.21 Å². The molecule has 0 radical (unpaired) electrons. The Labute approximate surface area is 192 Å². The fourth-order valence-electron chi connectivity index (χ4n) is 2.70. The second-order valence-corrected chi connectivity index (χ2v) is 10.3. The SMILES string of the molecule is O=C(Oc1ccc(NC(=O)c2cccs2)cc1)c1cccc(NS(=O)(=O)c2cccs2)c1. The Morgan fingerprint density at radius 2 is 1.56 bits per heavy atom. The number of esters is 1. The number of benzene rings is 2. The number of ether oxygens (including phenoxy) is 1. The Morgan fingerprint density at radius 3 is 2.25 bits per heavy atom. The first-order chi connectivity index (χ1) is 15.4. The van der Waals surface area contributed by atoms with Crippen molar-refractivity contribution in [3.05, 3.63) is 94.0 Å². The van der Waals surface area contributed by atoms with Crippen LogP contribution in [0.4, 0.5) is 11.4 Å². The Kier molecular flexibility index (Phi) is 6.35. The summed E-state index contributed by atoms with van der Waals surface area (Å²) in [5.74, 6) is -0.571. The fraction of sp³-hybridized carbons (Fsp3) is 0. The van der Waals surface area contributed by atoms with E-state index in [2.05, 4.69) is 10.0 Å². The van der Waals surface area contributed by atoms with Crippen molar-refractivity contribution in [3.63, 3.8) is 0 Å². The minimum atomic E-state index is -3.72. The highest BCUT2D eigenvalue weighted by atomic mass is 32.2. The number of nitrogens with one attached hydrogen (secondary N) is 2. The van der Waals surface area contributed by atoms with E-state index < -0.39 is 16.0 Å². The van der Waals surface area contributed by atoms with E-state index in [4.69, 9.17) is 4.74 Å². The molecule has 4 rings (SSSR count). The number of amides is 1. The summed E-state index contributed by atoms with van der Waals surface area (Å²) >= 11 is 2.44. The van der Waals surface area contributed by atoms with Crippen molar-refractivity contribution >= 4 is 55.9 Å². The molecule has 0 saturated carbocycles. The van der Waals surface area contributed by atoms with Gasteiger partial charge >= 0.3 is 5.97 Å². The third kappa shape index (κ3) is 5.22. The van der Waals surface area contributed by atoms with Crippen LogP contribution in [0.1, 0.15) is 20.0 Å². The zero-order chi connectivity index (χ0) is 22.6. The second kappa shape index (κ2) is 9.35. The summed E-state index contributed by atoms with van der Waals surface area (Å²) in [6.07, 6.45) is 0. The van der Waals surface area contributed by atoms with Crippen LogP contribution >= 0.6 is 22.7 Å². The van der Waals surface area contributed by atoms with E-state index in [1.54, 1.807) is 60.0 Å². The van der Waals surface area contributed by atoms with Crippen LogP contribution in [0.25, 0.3) is 0 Å². The lowest BCUT2D eigenvalue weighted by molar-refractivity contribution is 0.0734. The molecule has 162 valence electrons. The number of thiophene rings is 2. The first kappa shape index (κ1) is 21.8. The number of rotatable bonds is 7. The van der Waals surface area contributed by atoms with Crippen molar-refractivity contribution in [1.82, 2.24) is 0 Å². The summed E-state index contributed by atoms with van der Waals surface area (Å²) in [5.41, 5.74) is 0.999. The monoisotopic (exact) mass is 484 g/mol. The molecule has 0 spiro atoms. The topological polar surface area (TPSA) is 102 Å². The quantitative estimate of drug-likeness (QED) is 0.281. The summed E-state index contributed by atoms with van der Waals surface area (Å²) in [6.45, 7) is 0. The molecule has 2 N–H and O–H groups in total. The van der Waals surface area contributed by atoms with E-state index in [9.17, 15) is 18.0 Å². The van der Waals surface area contributed by atoms with Crippen LogP contribution in [0.3, 0.4) is 0 Å². The maximum atomic E-state index is 12.5. The summed E-state index contributed by atoms with van der Waals surface area (Å²) in [5, 5.41) is 6.25. The van der Waals surface area contributed by atoms with Gasteiger partial charge in [-0.25, -0.2) is 13.2 Å². The van der Waals surface area contributed by atoms with Crippen molar-refractivity contribution in [1.29, 1.82) is 0 Å². The maximum absolute atomic E-state index is 12.5. The van der Waals surface area contributed by atoms with Crippen LogP contribution in [-0.4, -0.2) is 20.3 Å². The zero-order valence-electron chi connectivity index (χ0n) is 16.3. The molecule has 0 fully saturated rings. The van der Waals surface area contributed by atoms with Gasteiger partial charge < -0.3 is 10.1 Å². The Bertz CT molecular complexity index is 1330. The van der Waals surface area contributed by atoms with Gasteiger partial charge in [-0.05, 0) is 65.4 Å². The van der Waals surface area contributed by atoms with Crippen molar-refractivity contribution in [3.8, 4) is 5.75 Å². The number of hydrogen-bond acceptors (Lipinski definition) is 7. The summed E-state index contributed by atoms with van der Waals surface area (Å²) in [6, 6.07) is 19.1. The zero-order valence-corrected chi connectivity index (χ0v) is 18.8. The average molecular weight is 485 g/mol. The van der Waals surface area contributed by atoms with Crippen molar-refractivity contribution in [2.75, 3.05) is 10.0 Å². The summed E-state index contributed by atoms with van der Waals surface area (Å²) < 4.78 is 32.7. The molecule has 0 unspecified atom stereocenters. The molecule has 2 aromatic heterocycles. The average Bonchev–Trinajstić information content (AvgIpc) is 3.50. The molecule has 0 aliphatic heterocycles. The van der Waals surface area contributed by atoms with E-state index in [0.29, 0.717) is 10.6 Å². The number of carbonyl (C=O) groups is 2. The van der Waals surface area contributed by atoms with Gasteiger partial charge in [0.2, 0.25) is 0 Å². The predicted molar refractivity (Wildman–Crippen MR) is 125 cm³/mol. The van der Waals surface area contributed by atoms with Gasteiger partial charge in [-0.1, -0.05) is 18.2 Å². The smallest absolute Gasteiger partial charge is 0.343 e. The van der Waals surface area contributed by atoms with Crippen LogP contribution in [0.5, 0.6) is 5.75 Å². The largest absolute Gasteiger partial charge is 0.423 e. The molecule has 0 saturated heterocycles. The molecular weight excluding hydrogens is 468 g/mol. The molecular formula is C22H16N2O5S3. The van der Waals surface area contributed by atoms with Crippen LogP contribution in [0.15, 0.2) is 87.8 Å². The highest BCUT2D eigenvalue weighted by molar-refractivity contribution is 7.94. The standard InChI is InChI=1S/C22H16N2O5S3/c25-21(19-6-2-12-30-19)23-16-8-10-18(11-9-16)29-22(26)15-4-1-5-17(14-15)24-32(27,28)20-7-3-13-31-20/h1-14,24H,(H,23,25). The normalized spacial score (nSPS) is 11.0. The molecule has 0 aliphatic carbocycles. The molecule has 0 atom stereocenters. The molecule has 32 heavy (non-hydrogen) atoms. The predicted octanol–water partition coefficient (Wildman–Crippen LogP) is 5.08. The molecule has 2 heterocycles. The number of sulfonamides is 1. The van der Waals surface area contributed by atoms with Crippen LogP contribution in [0, 0.1) is 0 Å². The van der Waals surface area contributed by atoms with Gasteiger partial charge in [0.1, 0.15) is 9.96 Å². The van der Waals surface area contributed by atoms with Crippen LogP contribution in [-0.2, 0) is 10.0 Å². The molecule has 0 aliphatic rings. The van der Waals surface area contributed by atoms with Gasteiger partial charge in [-0.15, -0.1) is 22.7 Å². The fourth-order valence-corrected chi connectivity index (χ4v) is 5.37. The van der Waals surface area contributed by atoms with E-state index in [0.717, 1.165) is 11.3 Å². The maximum Gasteiger partial charge on any atom is 0.343 e. The number of carbonyl (C=O) groups excluding carboxylic acids is 2. The Morgan fingerprint density at radius 1 is 0.812 bits per heavy atom. The first-order valence-electron chi connectivity index (χ1n) is 9.24. The van der Waals surface area contributed by atoms with Crippen LogP contribution in [0.2, 0.25) is 0 Å².